The second kappa shape index (κ2) is 5.24. The first kappa shape index (κ1) is 14.8. The Morgan fingerprint density at radius 2 is 1.82 bits per heavy atom. The fourth-order valence-corrected chi connectivity index (χ4v) is 2.89. The van der Waals surface area contributed by atoms with Crippen molar-refractivity contribution in [1.29, 1.82) is 0 Å². The van der Waals surface area contributed by atoms with Gasteiger partial charge in [-0.2, -0.15) is 4.57 Å². The third kappa shape index (κ3) is 2.31. The van der Waals surface area contributed by atoms with Gasteiger partial charge < -0.3 is 4.42 Å². The van der Waals surface area contributed by atoms with Crippen molar-refractivity contribution >= 4 is 11.2 Å². The second-order valence-corrected chi connectivity index (χ2v) is 6.43. The largest absolute Gasteiger partial charge is 0.401 e. The quantitative estimate of drug-likeness (QED) is 0.657. The van der Waals surface area contributed by atoms with E-state index in [1.807, 2.05) is 7.05 Å². The van der Waals surface area contributed by atoms with E-state index in [9.17, 15) is 0 Å². The van der Waals surface area contributed by atoms with E-state index >= 15 is 0 Å². The molecular weight excluding hydrogens is 272 g/mol. The number of fused-ring (bicyclic) bond motifs is 1. The number of benzene rings is 1. The zero-order chi connectivity index (χ0) is 16.0. The maximum atomic E-state index is 5.97. The summed E-state index contributed by atoms with van der Waals surface area (Å²) < 4.78 is 8.08. The van der Waals surface area contributed by atoms with E-state index < -0.39 is 0 Å². The Balaban J connectivity index is 2.26. The molecule has 3 nitrogen and oxygen atoms in total. The monoisotopic (exact) mass is 295 g/mol. The van der Waals surface area contributed by atoms with Crippen molar-refractivity contribution in [3.8, 4) is 11.3 Å². The average Bonchev–Trinajstić information content (AvgIpc) is 2.89. The molecule has 0 atom stereocenters. The predicted octanol–water partition coefficient (Wildman–Crippen LogP) is 4.37. The second-order valence-electron chi connectivity index (χ2n) is 6.43. The van der Waals surface area contributed by atoms with Gasteiger partial charge in [-0.1, -0.05) is 25.5 Å². The molecule has 0 radical (unpaired) electrons. The molecule has 0 saturated heterocycles. The van der Waals surface area contributed by atoms with Gasteiger partial charge in [-0.15, -0.1) is 0 Å². The van der Waals surface area contributed by atoms with Gasteiger partial charge in [0.2, 0.25) is 11.6 Å². The summed E-state index contributed by atoms with van der Waals surface area (Å²) in [4.78, 5) is 4.58. The lowest BCUT2D eigenvalue weighted by Crippen LogP contribution is -2.31. The van der Waals surface area contributed by atoms with Gasteiger partial charge in [-0.25, -0.2) is 4.98 Å². The highest BCUT2D eigenvalue weighted by Gasteiger charge is 2.22. The summed E-state index contributed by atoms with van der Waals surface area (Å²) >= 11 is 0. The van der Waals surface area contributed by atoms with Crippen molar-refractivity contribution < 1.29 is 8.98 Å². The molecule has 0 spiro atoms. The summed E-state index contributed by atoms with van der Waals surface area (Å²) in [6.45, 7) is 10.7. The molecule has 0 saturated carbocycles. The summed E-state index contributed by atoms with van der Waals surface area (Å²) in [5.41, 5.74) is 8.06. The molecule has 0 fully saturated rings. The van der Waals surface area contributed by atoms with Gasteiger partial charge >= 0.3 is 5.71 Å². The van der Waals surface area contributed by atoms with Gasteiger partial charge in [0.15, 0.2) is 5.52 Å². The third-order valence-corrected chi connectivity index (χ3v) is 4.30. The number of hydrogen-bond donors (Lipinski definition) is 0. The lowest BCUT2D eigenvalue weighted by molar-refractivity contribution is -0.640. The highest BCUT2D eigenvalue weighted by Crippen LogP contribution is 2.27. The summed E-state index contributed by atoms with van der Waals surface area (Å²) in [5, 5.41) is 0. The van der Waals surface area contributed by atoms with Gasteiger partial charge in [0.1, 0.15) is 7.05 Å². The van der Waals surface area contributed by atoms with Crippen LogP contribution < -0.4 is 4.57 Å². The topological polar surface area (TPSA) is 29.9 Å². The van der Waals surface area contributed by atoms with Crippen LogP contribution in [0, 0.1) is 20.8 Å². The predicted molar refractivity (Wildman–Crippen MR) is 88.9 cm³/mol. The van der Waals surface area contributed by atoms with Crippen LogP contribution in [0.15, 0.2) is 28.7 Å². The third-order valence-electron chi connectivity index (χ3n) is 4.30. The van der Waals surface area contributed by atoms with Crippen LogP contribution in [0.2, 0.25) is 0 Å². The van der Waals surface area contributed by atoms with Gasteiger partial charge in [-0.05, 0) is 44.0 Å². The molecule has 2 aromatic heterocycles. The van der Waals surface area contributed by atoms with Crippen molar-refractivity contribution in [3.05, 3.63) is 46.8 Å². The van der Waals surface area contributed by atoms with E-state index in [1.165, 1.54) is 22.3 Å². The number of aryl methyl sites for hydroxylation is 3. The molecule has 0 aliphatic carbocycles. The van der Waals surface area contributed by atoms with Crippen LogP contribution in [-0.2, 0) is 7.05 Å². The first-order valence-corrected chi connectivity index (χ1v) is 7.76. The van der Waals surface area contributed by atoms with Crippen LogP contribution in [0.4, 0.5) is 0 Å². The van der Waals surface area contributed by atoms with Crippen LogP contribution >= 0.6 is 0 Å². The highest BCUT2D eigenvalue weighted by molar-refractivity contribution is 5.71. The van der Waals surface area contributed by atoms with E-state index in [4.69, 9.17) is 4.42 Å². The minimum absolute atomic E-state index is 0.291. The summed E-state index contributed by atoms with van der Waals surface area (Å²) in [7, 11) is 2.05. The summed E-state index contributed by atoms with van der Waals surface area (Å²) in [5.74, 6) is 1.08. The number of oxazole rings is 1. The van der Waals surface area contributed by atoms with Crippen molar-refractivity contribution in [2.75, 3.05) is 0 Å². The standard InChI is InChI=1S/C19H23N2O/c1-11(2)18-20-16-7-8-17(21(6)19(16)22-18)15-10-12(3)9-13(4)14(15)5/h7-11H,1-6H3/q+1. The number of nitrogens with zero attached hydrogens (tertiary/aromatic N) is 2. The van der Waals surface area contributed by atoms with E-state index in [0.29, 0.717) is 5.92 Å². The smallest absolute Gasteiger partial charge is 0.388 e. The maximum Gasteiger partial charge on any atom is 0.401 e. The Morgan fingerprint density at radius 1 is 1.09 bits per heavy atom. The van der Waals surface area contributed by atoms with Crippen LogP contribution in [-0.4, -0.2) is 4.98 Å². The fourth-order valence-electron chi connectivity index (χ4n) is 2.89. The minimum Gasteiger partial charge on any atom is -0.388 e. The molecule has 0 bridgehead atoms. The summed E-state index contributed by atoms with van der Waals surface area (Å²) in [6.07, 6.45) is 0. The Bertz CT molecular complexity index is 859. The van der Waals surface area contributed by atoms with Crippen LogP contribution in [0.5, 0.6) is 0 Å². The minimum atomic E-state index is 0.291. The van der Waals surface area contributed by atoms with Crippen molar-refractivity contribution in [3.63, 3.8) is 0 Å². The number of aromatic nitrogens is 2. The number of hydrogen-bond acceptors (Lipinski definition) is 2. The highest BCUT2D eigenvalue weighted by atomic mass is 16.4. The molecule has 22 heavy (non-hydrogen) atoms. The molecule has 3 aromatic rings. The molecule has 1 aromatic carbocycles. The van der Waals surface area contributed by atoms with E-state index in [-0.39, 0.29) is 0 Å². The van der Waals surface area contributed by atoms with Gasteiger partial charge in [0.05, 0.1) is 0 Å². The molecule has 114 valence electrons. The Kier molecular flexibility index (Phi) is 3.51. The van der Waals surface area contributed by atoms with E-state index in [0.717, 1.165) is 22.8 Å². The zero-order valence-electron chi connectivity index (χ0n) is 14.2. The van der Waals surface area contributed by atoms with Gasteiger partial charge in [-0.3, -0.25) is 0 Å². The molecular formula is C19H23N2O+. The van der Waals surface area contributed by atoms with Crippen molar-refractivity contribution in [1.82, 2.24) is 4.98 Å². The molecule has 0 amide bonds. The van der Waals surface area contributed by atoms with Gasteiger partial charge in [0.25, 0.3) is 0 Å². The molecule has 0 aliphatic rings. The van der Waals surface area contributed by atoms with Crippen molar-refractivity contribution in [2.45, 2.75) is 40.5 Å². The summed E-state index contributed by atoms with van der Waals surface area (Å²) in [6, 6.07) is 8.65. The van der Waals surface area contributed by atoms with E-state index in [1.54, 1.807) is 0 Å². The van der Waals surface area contributed by atoms with Gasteiger partial charge in [0, 0.05) is 17.5 Å². The maximum absolute atomic E-state index is 5.97. The normalized spacial score (nSPS) is 11.6. The molecule has 0 unspecified atom stereocenters. The molecule has 0 N–H and O–H groups in total. The Hall–Kier alpha value is -2.16. The molecule has 2 heterocycles. The Labute approximate surface area is 131 Å². The SMILES string of the molecule is Cc1cc(C)c(C)c(-c2ccc3nc(C(C)C)oc3[n+]2C)c1. The van der Waals surface area contributed by atoms with Crippen LogP contribution in [0.1, 0.15) is 42.3 Å². The average molecular weight is 295 g/mol. The number of rotatable bonds is 2. The first-order valence-electron chi connectivity index (χ1n) is 7.76. The van der Waals surface area contributed by atoms with E-state index in [2.05, 4.69) is 68.4 Å². The molecule has 3 heteroatoms. The first-order chi connectivity index (χ1) is 10.4. The number of pyridine rings is 1. The Morgan fingerprint density at radius 3 is 2.50 bits per heavy atom. The van der Waals surface area contributed by atoms with Crippen molar-refractivity contribution in [2.24, 2.45) is 7.05 Å². The molecule has 0 aliphatic heterocycles. The van der Waals surface area contributed by atoms with Crippen LogP contribution in [0.25, 0.3) is 22.5 Å². The van der Waals surface area contributed by atoms with Crippen LogP contribution in [0.3, 0.4) is 0 Å². The fraction of sp³-hybridized carbons (Fsp3) is 0.368. The lowest BCUT2D eigenvalue weighted by Gasteiger charge is -2.08. The zero-order valence-corrected chi connectivity index (χ0v) is 14.2. The molecule has 3 rings (SSSR count). The lowest BCUT2D eigenvalue weighted by atomic mass is 9.97.